The number of esters is 1. The molecule has 6 nitrogen and oxygen atoms in total. The zero-order chi connectivity index (χ0) is 17.6. The number of carbonyl (C=O) groups is 1. The molecule has 0 unspecified atom stereocenters. The van der Waals surface area contributed by atoms with E-state index in [1.165, 1.54) is 0 Å². The summed E-state index contributed by atoms with van der Waals surface area (Å²) < 4.78 is 9.41. The van der Waals surface area contributed by atoms with E-state index in [1.807, 2.05) is 23.8 Å². The Labute approximate surface area is 157 Å². The van der Waals surface area contributed by atoms with Crippen molar-refractivity contribution in [3.05, 3.63) is 47.7 Å². The first-order valence-electron chi connectivity index (χ1n) is 8.60. The molecular formula is C19H22ClN3O3. The summed E-state index contributed by atoms with van der Waals surface area (Å²) in [4.78, 5) is 16.7. The maximum atomic E-state index is 12.7. The van der Waals surface area contributed by atoms with Crippen LogP contribution in [0.25, 0.3) is 10.9 Å². The van der Waals surface area contributed by atoms with E-state index >= 15 is 0 Å². The van der Waals surface area contributed by atoms with Crippen LogP contribution in [0.15, 0.2) is 30.9 Å². The summed E-state index contributed by atoms with van der Waals surface area (Å²) in [5.41, 5.74) is 3.18. The molecule has 1 aliphatic rings. The van der Waals surface area contributed by atoms with Gasteiger partial charge in [-0.05, 0) is 38.8 Å². The summed E-state index contributed by atoms with van der Waals surface area (Å²) >= 11 is 0. The molecule has 1 aromatic carbocycles. The van der Waals surface area contributed by atoms with Crippen LogP contribution in [-0.4, -0.2) is 31.8 Å². The Balaban J connectivity index is 0.00000196. The van der Waals surface area contributed by atoms with E-state index in [-0.39, 0.29) is 24.1 Å². The normalized spacial score (nSPS) is 13.6. The molecule has 3 aromatic rings. The van der Waals surface area contributed by atoms with Gasteiger partial charge < -0.3 is 19.0 Å². The molecule has 0 atom stereocenters. The lowest BCUT2D eigenvalue weighted by Crippen LogP contribution is -2.08. The number of carbonyl (C=O) groups excluding carboxylic acids is 1. The Morgan fingerprint density at radius 3 is 2.77 bits per heavy atom. The summed E-state index contributed by atoms with van der Waals surface area (Å²) in [5, 5.41) is 11.3. The molecular weight excluding hydrogens is 354 g/mol. The lowest BCUT2D eigenvalue weighted by molar-refractivity contribution is 0.0527. The minimum absolute atomic E-state index is 0. The molecule has 0 radical (unpaired) electrons. The van der Waals surface area contributed by atoms with Crippen LogP contribution < -0.4 is 0 Å². The second-order valence-electron chi connectivity index (χ2n) is 6.47. The highest BCUT2D eigenvalue weighted by Gasteiger charge is 2.32. The lowest BCUT2D eigenvalue weighted by atomic mass is 10.0. The molecule has 26 heavy (non-hydrogen) atoms. The quantitative estimate of drug-likeness (QED) is 0.688. The zero-order valence-corrected chi connectivity index (χ0v) is 15.6. The van der Waals surface area contributed by atoms with Crippen LogP contribution in [0.4, 0.5) is 0 Å². The van der Waals surface area contributed by atoms with Crippen LogP contribution >= 0.6 is 12.4 Å². The maximum absolute atomic E-state index is 12.7. The number of rotatable bonds is 5. The third-order valence-electron chi connectivity index (χ3n) is 4.79. The van der Waals surface area contributed by atoms with Gasteiger partial charge in [0.15, 0.2) is 0 Å². The van der Waals surface area contributed by atoms with Crippen LogP contribution in [0.5, 0.6) is 5.75 Å². The molecule has 0 spiro atoms. The average Bonchev–Trinajstić information content (AvgIpc) is 3.18. The highest BCUT2D eigenvalue weighted by molar-refractivity contribution is 6.08. The number of halogens is 1. The van der Waals surface area contributed by atoms with Crippen molar-refractivity contribution in [3.8, 4) is 5.75 Å². The van der Waals surface area contributed by atoms with Gasteiger partial charge in [-0.15, -0.1) is 12.4 Å². The van der Waals surface area contributed by atoms with Crippen molar-refractivity contribution in [1.29, 1.82) is 0 Å². The Bertz CT molecular complexity index is 943. The number of fused-ring (bicyclic) bond motifs is 1. The SMILES string of the molecule is CCOC(=O)c1c(C)n(C2CC2)c2ccc(O)c(Cn3ccnc3)c12.Cl. The maximum Gasteiger partial charge on any atom is 0.340 e. The molecule has 0 saturated heterocycles. The molecule has 4 rings (SSSR count). The van der Waals surface area contributed by atoms with E-state index in [0.717, 1.165) is 35.0 Å². The highest BCUT2D eigenvalue weighted by Crippen LogP contribution is 2.43. The van der Waals surface area contributed by atoms with Crippen molar-refractivity contribution in [2.24, 2.45) is 0 Å². The average molecular weight is 376 g/mol. The molecule has 0 amide bonds. The third kappa shape index (κ3) is 2.94. The molecule has 2 aromatic heterocycles. The van der Waals surface area contributed by atoms with Gasteiger partial charge in [0, 0.05) is 40.6 Å². The van der Waals surface area contributed by atoms with Crippen LogP contribution in [0, 0.1) is 6.92 Å². The number of hydrogen-bond donors (Lipinski definition) is 1. The highest BCUT2D eigenvalue weighted by atomic mass is 35.5. The fourth-order valence-electron chi connectivity index (χ4n) is 3.57. The van der Waals surface area contributed by atoms with Gasteiger partial charge >= 0.3 is 5.97 Å². The van der Waals surface area contributed by atoms with Gasteiger partial charge in [0.2, 0.25) is 0 Å². The Hall–Kier alpha value is -2.47. The number of imidazole rings is 1. The fourth-order valence-corrected chi connectivity index (χ4v) is 3.57. The topological polar surface area (TPSA) is 69.3 Å². The van der Waals surface area contributed by atoms with Gasteiger partial charge in [-0.25, -0.2) is 9.78 Å². The van der Waals surface area contributed by atoms with E-state index in [2.05, 4.69) is 9.55 Å². The van der Waals surface area contributed by atoms with Gasteiger partial charge in [0.1, 0.15) is 5.75 Å². The number of aromatic nitrogens is 3. The summed E-state index contributed by atoms with van der Waals surface area (Å²) in [7, 11) is 0. The van der Waals surface area contributed by atoms with Crippen molar-refractivity contribution >= 4 is 29.3 Å². The van der Waals surface area contributed by atoms with Crippen LogP contribution in [0.3, 0.4) is 0 Å². The Kier molecular flexibility index (Phi) is 4.96. The first kappa shape index (κ1) is 18.3. The zero-order valence-electron chi connectivity index (χ0n) is 14.8. The summed E-state index contributed by atoms with van der Waals surface area (Å²) in [5.74, 6) is -0.151. The van der Waals surface area contributed by atoms with Crippen molar-refractivity contribution in [2.45, 2.75) is 39.3 Å². The molecule has 1 fully saturated rings. The van der Waals surface area contributed by atoms with Crippen LogP contribution in [0.1, 0.15) is 47.4 Å². The van der Waals surface area contributed by atoms with Gasteiger partial charge in [-0.1, -0.05) is 0 Å². The second kappa shape index (κ2) is 7.03. The van der Waals surface area contributed by atoms with E-state index in [0.29, 0.717) is 24.8 Å². The molecule has 0 bridgehead atoms. The monoisotopic (exact) mass is 375 g/mol. The summed E-state index contributed by atoms with van der Waals surface area (Å²) in [6, 6.07) is 4.04. The molecule has 0 aliphatic heterocycles. The lowest BCUT2D eigenvalue weighted by Gasteiger charge is -2.10. The Morgan fingerprint density at radius 2 is 2.15 bits per heavy atom. The van der Waals surface area contributed by atoms with Crippen LogP contribution in [0.2, 0.25) is 0 Å². The van der Waals surface area contributed by atoms with Crippen molar-refractivity contribution < 1.29 is 14.6 Å². The van der Waals surface area contributed by atoms with Crippen LogP contribution in [-0.2, 0) is 11.3 Å². The Morgan fingerprint density at radius 1 is 1.38 bits per heavy atom. The van der Waals surface area contributed by atoms with Crippen molar-refractivity contribution in [2.75, 3.05) is 6.61 Å². The van der Waals surface area contributed by atoms with Gasteiger partial charge in [0.05, 0.1) is 25.0 Å². The first-order chi connectivity index (χ1) is 12.1. The van der Waals surface area contributed by atoms with Crippen molar-refractivity contribution in [1.82, 2.24) is 14.1 Å². The number of ether oxygens (including phenoxy) is 1. The molecule has 7 heteroatoms. The number of hydrogen-bond acceptors (Lipinski definition) is 4. The van der Waals surface area contributed by atoms with E-state index in [4.69, 9.17) is 4.74 Å². The van der Waals surface area contributed by atoms with Gasteiger partial charge in [0.25, 0.3) is 0 Å². The smallest absolute Gasteiger partial charge is 0.340 e. The number of nitrogens with zero attached hydrogens (tertiary/aromatic N) is 3. The van der Waals surface area contributed by atoms with Gasteiger partial charge in [-0.3, -0.25) is 0 Å². The predicted octanol–water partition coefficient (Wildman–Crippen LogP) is 3.83. The van der Waals surface area contributed by atoms with E-state index < -0.39 is 0 Å². The minimum atomic E-state index is -0.332. The number of phenols is 1. The first-order valence-corrected chi connectivity index (χ1v) is 8.60. The number of aromatic hydroxyl groups is 1. The number of benzene rings is 1. The van der Waals surface area contributed by atoms with E-state index in [1.54, 1.807) is 25.5 Å². The summed E-state index contributed by atoms with van der Waals surface area (Å²) in [6.07, 6.45) is 7.47. The van der Waals surface area contributed by atoms with Gasteiger partial charge in [-0.2, -0.15) is 0 Å². The minimum Gasteiger partial charge on any atom is -0.508 e. The largest absolute Gasteiger partial charge is 0.508 e. The molecule has 1 N–H and O–H groups in total. The molecule has 1 aliphatic carbocycles. The molecule has 2 heterocycles. The number of phenolic OH excluding ortho intramolecular Hbond substituents is 1. The third-order valence-corrected chi connectivity index (χ3v) is 4.79. The standard InChI is InChI=1S/C19H21N3O3.ClH/c1-3-25-19(24)17-12(2)22(13-4-5-13)15-6-7-16(23)14(18(15)17)10-21-9-8-20-11-21;/h6-9,11,13,23H,3-5,10H2,1-2H3;1H. The predicted molar refractivity (Wildman–Crippen MR) is 101 cm³/mol. The second-order valence-corrected chi connectivity index (χ2v) is 6.47. The molecule has 1 saturated carbocycles. The molecule has 138 valence electrons. The van der Waals surface area contributed by atoms with E-state index in [9.17, 15) is 9.90 Å². The summed E-state index contributed by atoms with van der Waals surface area (Å²) in [6.45, 7) is 4.54. The fraction of sp³-hybridized carbons (Fsp3) is 0.368. The van der Waals surface area contributed by atoms with Crippen molar-refractivity contribution in [3.63, 3.8) is 0 Å².